The molecule has 0 saturated carbocycles. The lowest BCUT2D eigenvalue weighted by Gasteiger charge is -2.11. The van der Waals surface area contributed by atoms with E-state index in [0.29, 0.717) is 12.3 Å². The highest BCUT2D eigenvalue weighted by atomic mass is 16.5. The zero-order chi connectivity index (χ0) is 12.0. The minimum Gasteiger partial charge on any atom is -0.493 e. The lowest BCUT2D eigenvalue weighted by molar-refractivity contribution is 0.161. The first-order chi connectivity index (χ1) is 7.63. The average Bonchev–Trinajstić information content (AvgIpc) is 2.24. The Balaban J connectivity index is 2.51. The number of amides is 1. The fourth-order valence-electron chi connectivity index (χ4n) is 1.19. The first kappa shape index (κ1) is 12.1. The van der Waals surface area contributed by atoms with Crippen molar-refractivity contribution in [2.45, 2.75) is 6.92 Å². The van der Waals surface area contributed by atoms with Gasteiger partial charge >= 0.3 is 6.09 Å². The fourth-order valence-corrected chi connectivity index (χ4v) is 1.19. The van der Waals surface area contributed by atoms with Gasteiger partial charge in [0, 0.05) is 12.2 Å². The minimum absolute atomic E-state index is 0.208. The summed E-state index contributed by atoms with van der Waals surface area (Å²) in [5.41, 5.74) is 6.51. The lowest BCUT2D eigenvalue weighted by Crippen LogP contribution is -2.18. The van der Waals surface area contributed by atoms with Crippen LogP contribution in [0.25, 0.3) is 0 Å². The number of rotatable bonds is 5. The Morgan fingerprint density at radius 3 is 3.00 bits per heavy atom. The Bertz CT molecular complexity index is 368. The molecule has 1 heterocycles. The Labute approximate surface area is 93.8 Å². The highest BCUT2D eigenvalue weighted by molar-refractivity contribution is 5.64. The standard InChI is InChI=1S/C10H15N3O3/c1-7-5-8(9(15-2)6-13-7)12-3-4-16-10(11)14/h5-6H,3-4H2,1-2H3,(H2,11,14)(H,12,13). The largest absolute Gasteiger partial charge is 0.493 e. The van der Waals surface area contributed by atoms with Crippen LogP contribution in [0.1, 0.15) is 5.69 Å². The molecule has 0 bridgehead atoms. The van der Waals surface area contributed by atoms with Gasteiger partial charge in [-0.25, -0.2) is 4.79 Å². The summed E-state index contributed by atoms with van der Waals surface area (Å²) < 4.78 is 9.71. The van der Waals surface area contributed by atoms with Crippen molar-refractivity contribution >= 4 is 11.8 Å². The molecule has 0 aliphatic heterocycles. The first-order valence-electron chi connectivity index (χ1n) is 4.80. The third-order valence-electron chi connectivity index (χ3n) is 1.89. The van der Waals surface area contributed by atoms with Crippen molar-refractivity contribution < 1.29 is 14.3 Å². The number of methoxy groups -OCH3 is 1. The summed E-state index contributed by atoms with van der Waals surface area (Å²) in [5, 5.41) is 3.06. The molecule has 0 saturated heterocycles. The second-order valence-corrected chi connectivity index (χ2v) is 3.12. The number of carbonyl (C=O) groups excluding carboxylic acids is 1. The Kier molecular flexibility index (Phi) is 4.38. The molecule has 1 aromatic heterocycles. The van der Waals surface area contributed by atoms with Crippen LogP contribution in [-0.2, 0) is 4.74 Å². The van der Waals surface area contributed by atoms with Crippen LogP contribution in [-0.4, -0.2) is 31.3 Å². The van der Waals surface area contributed by atoms with Crippen molar-refractivity contribution in [2.75, 3.05) is 25.6 Å². The molecule has 0 atom stereocenters. The van der Waals surface area contributed by atoms with Gasteiger partial charge in [0.2, 0.25) is 0 Å². The number of nitrogens with zero attached hydrogens (tertiary/aromatic N) is 1. The Hall–Kier alpha value is -1.98. The van der Waals surface area contributed by atoms with Crippen molar-refractivity contribution in [1.82, 2.24) is 4.98 Å². The van der Waals surface area contributed by atoms with E-state index in [2.05, 4.69) is 15.0 Å². The minimum atomic E-state index is -0.778. The number of hydrogen-bond donors (Lipinski definition) is 2. The molecule has 0 aliphatic rings. The van der Waals surface area contributed by atoms with Crippen molar-refractivity contribution in [3.8, 4) is 5.75 Å². The van der Waals surface area contributed by atoms with Crippen LogP contribution in [0.3, 0.4) is 0 Å². The topological polar surface area (TPSA) is 86.5 Å². The first-order valence-corrected chi connectivity index (χ1v) is 4.80. The maximum Gasteiger partial charge on any atom is 0.404 e. The van der Waals surface area contributed by atoms with E-state index in [-0.39, 0.29) is 6.61 Å². The highest BCUT2D eigenvalue weighted by Gasteiger charge is 2.03. The molecule has 6 heteroatoms. The third-order valence-corrected chi connectivity index (χ3v) is 1.89. The molecular formula is C10H15N3O3. The number of ether oxygens (including phenoxy) is 2. The van der Waals surface area contributed by atoms with Gasteiger partial charge in [-0.3, -0.25) is 4.98 Å². The van der Waals surface area contributed by atoms with Crippen LogP contribution in [0.4, 0.5) is 10.5 Å². The summed E-state index contributed by atoms with van der Waals surface area (Å²) in [5.74, 6) is 0.643. The van der Waals surface area contributed by atoms with Crippen LogP contribution in [0.5, 0.6) is 5.75 Å². The van der Waals surface area contributed by atoms with Crippen LogP contribution in [0.15, 0.2) is 12.3 Å². The number of hydrogen-bond acceptors (Lipinski definition) is 5. The number of aryl methyl sites for hydroxylation is 1. The molecule has 0 fully saturated rings. The molecule has 0 unspecified atom stereocenters. The smallest absolute Gasteiger partial charge is 0.404 e. The van der Waals surface area contributed by atoms with E-state index in [1.807, 2.05) is 13.0 Å². The van der Waals surface area contributed by atoms with Crippen LogP contribution < -0.4 is 15.8 Å². The zero-order valence-corrected chi connectivity index (χ0v) is 9.32. The van der Waals surface area contributed by atoms with Crippen molar-refractivity contribution in [1.29, 1.82) is 0 Å². The number of carbonyl (C=O) groups is 1. The van der Waals surface area contributed by atoms with E-state index in [1.165, 1.54) is 0 Å². The molecule has 1 amide bonds. The molecule has 0 aromatic carbocycles. The lowest BCUT2D eigenvalue weighted by atomic mass is 10.3. The number of nitrogens with one attached hydrogen (secondary N) is 1. The molecule has 16 heavy (non-hydrogen) atoms. The van der Waals surface area contributed by atoms with Crippen molar-refractivity contribution in [3.05, 3.63) is 18.0 Å². The van der Waals surface area contributed by atoms with Gasteiger partial charge < -0.3 is 20.5 Å². The van der Waals surface area contributed by atoms with Gasteiger partial charge in [0.05, 0.1) is 19.0 Å². The summed E-state index contributed by atoms with van der Waals surface area (Å²) in [6.07, 6.45) is 0.853. The fraction of sp³-hybridized carbons (Fsp3) is 0.400. The second kappa shape index (κ2) is 5.79. The molecule has 1 aromatic rings. The maximum atomic E-state index is 10.3. The third kappa shape index (κ3) is 3.64. The zero-order valence-electron chi connectivity index (χ0n) is 9.32. The molecule has 1 rings (SSSR count). The van der Waals surface area contributed by atoms with Crippen LogP contribution in [0, 0.1) is 6.92 Å². The quantitative estimate of drug-likeness (QED) is 0.727. The van der Waals surface area contributed by atoms with Gasteiger partial charge in [0.1, 0.15) is 6.61 Å². The highest BCUT2D eigenvalue weighted by Crippen LogP contribution is 2.22. The molecule has 0 aliphatic carbocycles. The predicted octanol–water partition coefficient (Wildman–Crippen LogP) is 0.906. The van der Waals surface area contributed by atoms with Gasteiger partial charge in [-0.15, -0.1) is 0 Å². The molecule has 0 spiro atoms. The van der Waals surface area contributed by atoms with E-state index in [1.54, 1.807) is 13.3 Å². The molecule has 3 N–H and O–H groups in total. The Morgan fingerprint density at radius 1 is 1.62 bits per heavy atom. The number of anilines is 1. The van der Waals surface area contributed by atoms with E-state index in [4.69, 9.17) is 10.5 Å². The number of nitrogens with two attached hydrogens (primary N) is 1. The molecular weight excluding hydrogens is 210 g/mol. The van der Waals surface area contributed by atoms with Gasteiger partial charge in [-0.05, 0) is 13.0 Å². The normalized spacial score (nSPS) is 9.62. The van der Waals surface area contributed by atoms with Crippen LogP contribution in [0.2, 0.25) is 0 Å². The van der Waals surface area contributed by atoms with Gasteiger partial charge in [-0.2, -0.15) is 0 Å². The van der Waals surface area contributed by atoms with E-state index in [0.717, 1.165) is 11.4 Å². The summed E-state index contributed by atoms with van der Waals surface area (Å²) in [7, 11) is 1.57. The summed E-state index contributed by atoms with van der Waals surface area (Å²) in [6.45, 7) is 2.55. The van der Waals surface area contributed by atoms with Gasteiger partial charge in [-0.1, -0.05) is 0 Å². The van der Waals surface area contributed by atoms with E-state index in [9.17, 15) is 4.79 Å². The molecule has 6 nitrogen and oxygen atoms in total. The van der Waals surface area contributed by atoms with Gasteiger partial charge in [0.25, 0.3) is 0 Å². The number of aromatic nitrogens is 1. The molecule has 0 radical (unpaired) electrons. The van der Waals surface area contributed by atoms with Gasteiger partial charge in [0.15, 0.2) is 5.75 Å². The van der Waals surface area contributed by atoms with Crippen molar-refractivity contribution in [3.63, 3.8) is 0 Å². The van der Waals surface area contributed by atoms with Crippen molar-refractivity contribution in [2.24, 2.45) is 5.73 Å². The summed E-state index contributed by atoms with van der Waals surface area (Å²) in [6, 6.07) is 1.85. The average molecular weight is 225 g/mol. The van der Waals surface area contributed by atoms with E-state index < -0.39 is 6.09 Å². The van der Waals surface area contributed by atoms with Crippen LogP contribution >= 0.6 is 0 Å². The second-order valence-electron chi connectivity index (χ2n) is 3.12. The number of primary amides is 1. The summed E-state index contributed by atoms with van der Waals surface area (Å²) in [4.78, 5) is 14.4. The predicted molar refractivity (Wildman–Crippen MR) is 59.6 cm³/mol. The summed E-state index contributed by atoms with van der Waals surface area (Å²) >= 11 is 0. The monoisotopic (exact) mass is 225 g/mol. The SMILES string of the molecule is COc1cnc(C)cc1NCCOC(N)=O. The maximum absolute atomic E-state index is 10.3. The van der Waals surface area contributed by atoms with E-state index >= 15 is 0 Å². The molecule has 88 valence electrons. The Morgan fingerprint density at radius 2 is 2.38 bits per heavy atom. The number of pyridine rings is 1.